The van der Waals surface area contributed by atoms with Gasteiger partial charge in [-0.15, -0.1) is 0 Å². The number of methoxy groups -OCH3 is 1. The molecule has 0 radical (unpaired) electrons. The van der Waals surface area contributed by atoms with E-state index >= 15 is 0 Å². The fourth-order valence-electron chi connectivity index (χ4n) is 0.710. The van der Waals surface area contributed by atoms with E-state index < -0.39 is 11.0 Å². The molecule has 0 heterocycles. The smallest absolute Gasteiger partial charge is 0.122 e. The highest BCUT2D eigenvalue weighted by Gasteiger charge is 1.96. The molecule has 0 aliphatic carbocycles. The second kappa shape index (κ2) is 3.50. The average molecular weight is 171 g/mol. The zero-order valence-electron chi connectivity index (χ0n) is 6.11. The summed E-state index contributed by atoms with van der Waals surface area (Å²) < 4.78 is 15.6. The van der Waals surface area contributed by atoms with Crippen LogP contribution in [0.1, 0.15) is 0 Å². The van der Waals surface area contributed by atoms with Gasteiger partial charge in [0.2, 0.25) is 0 Å². The van der Waals surface area contributed by atoms with Gasteiger partial charge < -0.3 is 4.74 Å². The summed E-state index contributed by atoms with van der Waals surface area (Å²) in [5.74, 6) is 0.735. The van der Waals surface area contributed by atoms with E-state index in [1.54, 1.807) is 31.4 Å². The highest BCUT2D eigenvalue weighted by atomic mass is 32.2. The van der Waals surface area contributed by atoms with Crippen molar-refractivity contribution < 1.29 is 8.95 Å². The summed E-state index contributed by atoms with van der Waals surface area (Å²) in [7, 11) is 0.183. The van der Waals surface area contributed by atoms with Crippen molar-refractivity contribution in [2.75, 3.05) is 7.11 Å². The van der Waals surface area contributed by atoms with Crippen molar-refractivity contribution >= 4 is 11.0 Å². The predicted octanol–water partition coefficient (Wildman–Crippen LogP) is 0.677. The molecule has 0 amide bonds. The van der Waals surface area contributed by atoms with Crippen molar-refractivity contribution in [1.29, 1.82) is 0 Å². The third-order valence-corrected chi connectivity index (χ3v) is 2.03. The number of nitrogens with two attached hydrogens (primary N) is 1. The van der Waals surface area contributed by atoms with Crippen LogP contribution >= 0.6 is 0 Å². The fraction of sp³-hybridized carbons (Fsp3) is 0.143. The summed E-state index contributed by atoms with van der Waals surface area (Å²) in [5, 5.41) is 5.14. The zero-order valence-corrected chi connectivity index (χ0v) is 6.93. The highest BCUT2D eigenvalue weighted by molar-refractivity contribution is 7.82. The van der Waals surface area contributed by atoms with Crippen molar-refractivity contribution in [2.24, 2.45) is 5.14 Å². The minimum absolute atomic E-state index is 0.603. The summed E-state index contributed by atoms with van der Waals surface area (Å²) in [4.78, 5) is 0.603. The molecule has 60 valence electrons. The van der Waals surface area contributed by atoms with E-state index in [1.165, 1.54) is 0 Å². The van der Waals surface area contributed by atoms with E-state index in [9.17, 15) is 4.21 Å². The van der Waals surface area contributed by atoms with Gasteiger partial charge in [0.1, 0.15) is 16.7 Å². The van der Waals surface area contributed by atoms with Crippen LogP contribution in [0.3, 0.4) is 0 Å². The molecule has 11 heavy (non-hydrogen) atoms. The third kappa shape index (κ3) is 2.03. The van der Waals surface area contributed by atoms with Gasteiger partial charge in [0.05, 0.1) is 12.0 Å². The fourth-order valence-corrected chi connectivity index (χ4v) is 1.11. The Morgan fingerprint density at radius 2 is 1.91 bits per heavy atom. The molecule has 1 aromatic carbocycles. The quantitative estimate of drug-likeness (QED) is 0.711. The van der Waals surface area contributed by atoms with E-state index in [2.05, 4.69) is 0 Å². The number of ether oxygens (including phenoxy) is 1. The van der Waals surface area contributed by atoms with Crippen LogP contribution in [-0.4, -0.2) is 11.3 Å². The Bertz CT molecular complexity index is 258. The van der Waals surface area contributed by atoms with Crippen molar-refractivity contribution in [3.05, 3.63) is 24.3 Å². The van der Waals surface area contributed by atoms with Crippen LogP contribution in [0.25, 0.3) is 0 Å². The van der Waals surface area contributed by atoms with Crippen LogP contribution in [0.4, 0.5) is 0 Å². The lowest BCUT2D eigenvalue weighted by Gasteiger charge is -1.99. The minimum atomic E-state index is -1.39. The first-order valence-corrected chi connectivity index (χ1v) is 4.25. The lowest BCUT2D eigenvalue weighted by Crippen LogP contribution is -2.01. The molecule has 0 spiro atoms. The van der Waals surface area contributed by atoms with Crippen molar-refractivity contribution in [3.63, 3.8) is 0 Å². The van der Waals surface area contributed by atoms with Gasteiger partial charge in [-0.05, 0) is 24.3 Å². The molecule has 2 N–H and O–H groups in total. The molecule has 1 aromatic rings. The van der Waals surface area contributed by atoms with Crippen LogP contribution in [0, 0.1) is 0 Å². The molecule has 1 rings (SSSR count). The molecule has 0 fully saturated rings. The van der Waals surface area contributed by atoms with Crippen LogP contribution < -0.4 is 9.88 Å². The molecule has 1 atom stereocenters. The van der Waals surface area contributed by atoms with Crippen molar-refractivity contribution in [1.82, 2.24) is 0 Å². The van der Waals surface area contributed by atoms with Gasteiger partial charge in [-0.25, -0.2) is 9.35 Å². The van der Waals surface area contributed by atoms with Gasteiger partial charge in [-0.2, -0.15) is 0 Å². The van der Waals surface area contributed by atoms with Crippen LogP contribution in [-0.2, 0) is 11.0 Å². The SMILES string of the molecule is COc1ccc([S@](N)=O)cc1. The Morgan fingerprint density at radius 1 is 1.36 bits per heavy atom. The molecular weight excluding hydrogens is 162 g/mol. The number of hydrogen-bond acceptors (Lipinski definition) is 2. The Hall–Kier alpha value is -0.870. The average Bonchev–Trinajstić information content (AvgIpc) is 2.05. The first-order chi connectivity index (χ1) is 5.24. The summed E-state index contributed by atoms with van der Waals surface area (Å²) in [6.45, 7) is 0. The van der Waals surface area contributed by atoms with E-state index in [-0.39, 0.29) is 0 Å². The Balaban J connectivity index is 2.91. The first-order valence-electron chi connectivity index (χ1n) is 3.04. The molecule has 0 aromatic heterocycles. The van der Waals surface area contributed by atoms with Crippen molar-refractivity contribution in [2.45, 2.75) is 4.90 Å². The Morgan fingerprint density at radius 3 is 2.27 bits per heavy atom. The van der Waals surface area contributed by atoms with Gasteiger partial charge >= 0.3 is 0 Å². The molecule has 0 unspecified atom stereocenters. The predicted molar refractivity (Wildman–Crippen MR) is 43.6 cm³/mol. The monoisotopic (exact) mass is 171 g/mol. The van der Waals surface area contributed by atoms with Gasteiger partial charge in [0.25, 0.3) is 0 Å². The van der Waals surface area contributed by atoms with E-state index in [0.29, 0.717) is 4.90 Å². The Kier molecular flexibility index (Phi) is 2.62. The number of rotatable bonds is 2. The second-order valence-electron chi connectivity index (χ2n) is 1.97. The maximum absolute atomic E-state index is 10.7. The zero-order chi connectivity index (χ0) is 8.27. The summed E-state index contributed by atoms with van der Waals surface area (Å²) in [6, 6.07) is 6.80. The molecular formula is C7H9NO2S. The van der Waals surface area contributed by atoms with E-state index in [4.69, 9.17) is 9.88 Å². The molecule has 3 nitrogen and oxygen atoms in total. The topological polar surface area (TPSA) is 52.3 Å². The lowest BCUT2D eigenvalue weighted by atomic mass is 10.3. The van der Waals surface area contributed by atoms with E-state index in [1.807, 2.05) is 0 Å². The summed E-state index contributed by atoms with van der Waals surface area (Å²) in [6.07, 6.45) is 0. The number of hydrogen-bond donors (Lipinski definition) is 1. The molecule has 0 saturated heterocycles. The van der Waals surface area contributed by atoms with Crippen LogP contribution in [0.2, 0.25) is 0 Å². The lowest BCUT2D eigenvalue weighted by molar-refractivity contribution is 0.414. The minimum Gasteiger partial charge on any atom is -0.497 e. The maximum Gasteiger partial charge on any atom is 0.122 e. The Labute approximate surface area is 67.8 Å². The first kappa shape index (κ1) is 8.23. The maximum atomic E-state index is 10.7. The molecule has 0 aliphatic rings. The molecule has 0 saturated carbocycles. The highest BCUT2D eigenvalue weighted by Crippen LogP contribution is 2.11. The van der Waals surface area contributed by atoms with E-state index in [0.717, 1.165) is 5.75 Å². The number of benzene rings is 1. The van der Waals surface area contributed by atoms with Gasteiger partial charge in [0.15, 0.2) is 0 Å². The van der Waals surface area contributed by atoms with Crippen LogP contribution in [0.5, 0.6) is 5.75 Å². The normalized spacial score (nSPS) is 12.5. The molecule has 0 bridgehead atoms. The van der Waals surface area contributed by atoms with Crippen LogP contribution in [0.15, 0.2) is 29.2 Å². The molecule has 0 aliphatic heterocycles. The van der Waals surface area contributed by atoms with Gasteiger partial charge in [0, 0.05) is 0 Å². The second-order valence-corrected chi connectivity index (χ2v) is 3.04. The summed E-state index contributed by atoms with van der Waals surface area (Å²) in [5.41, 5.74) is 0. The standard InChI is InChI=1S/C7H9NO2S/c1-10-6-2-4-7(5-3-6)11(8)9/h2-5H,8H2,1H3/t11-/m1/s1. The largest absolute Gasteiger partial charge is 0.497 e. The van der Waals surface area contributed by atoms with Gasteiger partial charge in [-0.3, -0.25) is 0 Å². The molecule has 4 heteroatoms. The summed E-state index contributed by atoms with van der Waals surface area (Å²) >= 11 is 0. The third-order valence-electron chi connectivity index (χ3n) is 1.29. The van der Waals surface area contributed by atoms with Crippen molar-refractivity contribution in [3.8, 4) is 5.75 Å². The van der Waals surface area contributed by atoms with Gasteiger partial charge in [-0.1, -0.05) is 0 Å².